The van der Waals surface area contributed by atoms with Crippen LogP contribution < -0.4 is 10.7 Å². The highest BCUT2D eigenvalue weighted by atomic mass is 32.2. The molecule has 0 aliphatic heterocycles. The Labute approximate surface area is 130 Å². The van der Waals surface area contributed by atoms with Crippen LogP contribution in [0.1, 0.15) is 5.56 Å². The summed E-state index contributed by atoms with van der Waals surface area (Å²) >= 11 is 0. The van der Waals surface area contributed by atoms with Crippen molar-refractivity contribution in [1.29, 1.82) is 0 Å². The predicted molar refractivity (Wildman–Crippen MR) is 83.9 cm³/mol. The monoisotopic (exact) mass is 333 g/mol. The first-order valence-corrected chi connectivity index (χ1v) is 8.14. The molecule has 118 valence electrons. The number of aryl methyl sites for hydroxylation is 1. The molecule has 3 rings (SSSR count). The maximum atomic E-state index is 13.3. The van der Waals surface area contributed by atoms with Crippen LogP contribution in [0.2, 0.25) is 0 Å². The van der Waals surface area contributed by atoms with Crippen LogP contribution >= 0.6 is 0 Å². The van der Waals surface area contributed by atoms with Crippen LogP contribution in [0.15, 0.2) is 46.1 Å². The molecule has 0 aliphatic rings. The number of nitrogens with one attached hydrogen (secondary N) is 1. The van der Waals surface area contributed by atoms with Crippen LogP contribution in [0, 0.1) is 12.7 Å². The topological polar surface area (TPSA) is 106 Å². The van der Waals surface area contributed by atoms with Gasteiger partial charge in [-0.2, -0.15) is 0 Å². The lowest BCUT2D eigenvalue weighted by Crippen LogP contribution is -2.14. The number of sulfonamides is 1. The van der Waals surface area contributed by atoms with E-state index in [2.05, 4.69) is 9.97 Å². The summed E-state index contributed by atoms with van der Waals surface area (Å²) in [6.45, 7) is 1.61. The molecule has 0 spiro atoms. The van der Waals surface area contributed by atoms with Crippen molar-refractivity contribution in [2.45, 2.75) is 11.8 Å². The zero-order chi connectivity index (χ0) is 16.8. The van der Waals surface area contributed by atoms with Crippen molar-refractivity contribution in [3.05, 3.63) is 58.1 Å². The van der Waals surface area contributed by atoms with Crippen molar-refractivity contribution >= 4 is 20.9 Å². The molecule has 0 saturated carbocycles. The fourth-order valence-corrected chi connectivity index (χ4v) is 3.11. The minimum absolute atomic E-state index is 0.0583. The molecular formula is C15H12FN3O3S. The molecule has 1 heterocycles. The van der Waals surface area contributed by atoms with Crippen molar-refractivity contribution in [3.8, 4) is 11.4 Å². The van der Waals surface area contributed by atoms with Crippen molar-refractivity contribution in [2.75, 3.05) is 0 Å². The van der Waals surface area contributed by atoms with Gasteiger partial charge in [0, 0.05) is 11.6 Å². The quantitative estimate of drug-likeness (QED) is 0.744. The molecule has 23 heavy (non-hydrogen) atoms. The third-order valence-corrected chi connectivity index (χ3v) is 4.49. The zero-order valence-corrected chi connectivity index (χ0v) is 12.8. The van der Waals surface area contributed by atoms with Crippen LogP contribution in [-0.4, -0.2) is 18.4 Å². The van der Waals surface area contributed by atoms with Gasteiger partial charge in [0.1, 0.15) is 11.6 Å². The predicted octanol–water partition coefficient (Wildman–Crippen LogP) is 1.69. The van der Waals surface area contributed by atoms with E-state index in [-0.39, 0.29) is 21.6 Å². The summed E-state index contributed by atoms with van der Waals surface area (Å²) < 4.78 is 36.5. The number of rotatable bonds is 2. The lowest BCUT2D eigenvalue weighted by atomic mass is 10.1. The molecule has 6 nitrogen and oxygen atoms in total. The van der Waals surface area contributed by atoms with Crippen LogP contribution in [0.4, 0.5) is 4.39 Å². The Hall–Kier alpha value is -2.58. The number of H-pyrrole nitrogens is 1. The molecule has 0 radical (unpaired) electrons. The Balaban J connectivity index is 2.27. The van der Waals surface area contributed by atoms with E-state index in [1.807, 2.05) is 0 Å². The number of benzene rings is 2. The van der Waals surface area contributed by atoms with Gasteiger partial charge in [-0.25, -0.2) is 22.9 Å². The van der Waals surface area contributed by atoms with E-state index in [4.69, 9.17) is 5.14 Å². The fourth-order valence-electron chi connectivity index (χ4n) is 2.30. The van der Waals surface area contributed by atoms with Gasteiger partial charge in [0.15, 0.2) is 0 Å². The van der Waals surface area contributed by atoms with Gasteiger partial charge in [-0.1, -0.05) is 12.1 Å². The van der Waals surface area contributed by atoms with Crippen LogP contribution in [-0.2, 0) is 10.0 Å². The van der Waals surface area contributed by atoms with Crippen LogP contribution in [0.25, 0.3) is 22.3 Å². The molecule has 0 fully saturated rings. The van der Waals surface area contributed by atoms with Crippen molar-refractivity contribution in [3.63, 3.8) is 0 Å². The van der Waals surface area contributed by atoms with Gasteiger partial charge in [-0.05, 0) is 30.7 Å². The number of aromatic amines is 1. The first-order valence-electron chi connectivity index (χ1n) is 6.59. The summed E-state index contributed by atoms with van der Waals surface area (Å²) in [6, 6.07) is 8.14. The maximum absolute atomic E-state index is 13.3. The first kappa shape index (κ1) is 15.3. The molecule has 3 N–H and O–H groups in total. The third-order valence-electron chi connectivity index (χ3n) is 3.44. The SMILES string of the molecule is Cc1ccc(-c2nc3cc(F)ccc3c(=O)[nH]2)cc1S(N)(=O)=O. The van der Waals surface area contributed by atoms with Gasteiger partial charge in [0.05, 0.1) is 15.8 Å². The van der Waals surface area contributed by atoms with Gasteiger partial charge in [-0.3, -0.25) is 4.79 Å². The summed E-state index contributed by atoms with van der Waals surface area (Å²) in [5.74, 6) is -0.381. The van der Waals surface area contributed by atoms with Crippen LogP contribution in [0.5, 0.6) is 0 Å². The van der Waals surface area contributed by atoms with Crippen molar-refractivity contribution < 1.29 is 12.8 Å². The Morgan fingerprint density at radius 3 is 2.61 bits per heavy atom. The Bertz CT molecular complexity index is 1090. The van der Waals surface area contributed by atoms with Gasteiger partial charge in [0.25, 0.3) is 5.56 Å². The largest absolute Gasteiger partial charge is 0.306 e. The molecule has 0 aliphatic carbocycles. The minimum Gasteiger partial charge on any atom is -0.306 e. The van der Waals surface area contributed by atoms with Crippen LogP contribution in [0.3, 0.4) is 0 Å². The van der Waals surface area contributed by atoms with Gasteiger partial charge < -0.3 is 4.98 Å². The number of fused-ring (bicyclic) bond motifs is 1. The molecule has 2 aromatic carbocycles. The highest BCUT2D eigenvalue weighted by molar-refractivity contribution is 7.89. The van der Waals surface area contributed by atoms with Crippen molar-refractivity contribution in [2.24, 2.45) is 5.14 Å². The second kappa shape index (κ2) is 5.25. The molecule has 8 heteroatoms. The Morgan fingerprint density at radius 1 is 1.17 bits per heavy atom. The number of hydrogen-bond donors (Lipinski definition) is 2. The summed E-state index contributed by atoms with van der Waals surface area (Å²) in [5, 5.41) is 5.42. The van der Waals surface area contributed by atoms with Crippen molar-refractivity contribution in [1.82, 2.24) is 9.97 Å². The lowest BCUT2D eigenvalue weighted by molar-refractivity contribution is 0.597. The first-order chi connectivity index (χ1) is 10.8. The summed E-state index contributed by atoms with van der Waals surface area (Å²) in [6.07, 6.45) is 0. The second-order valence-corrected chi connectivity index (χ2v) is 6.63. The molecule has 0 amide bonds. The number of nitrogens with two attached hydrogens (primary N) is 1. The standard InChI is InChI=1S/C15H12FN3O3S/c1-8-2-3-9(6-13(8)23(17,21)22)14-18-12-7-10(16)4-5-11(12)15(20)19-14/h2-7H,1H3,(H2,17,21,22)(H,18,19,20). The summed E-state index contributed by atoms with van der Waals surface area (Å²) in [4.78, 5) is 18.8. The average Bonchev–Trinajstić information content (AvgIpc) is 2.45. The molecule has 3 aromatic rings. The summed E-state index contributed by atoms with van der Waals surface area (Å²) in [7, 11) is -3.90. The Kier molecular flexibility index (Phi) is 3.50. The number of primary sulfonamides is 1. The molecular weight excluding hydrogens is 321 g/mol. The molecule has 1 aromatic heterocycles. The number of hydrogen-bond acceptors (Lipinski definition) is 4. The van der Waals surface area contributed by atoms with E-state index in [1.165, 1.54) is 18.2 Å². The van der Waals surface area contributed by atoms with Gasteiger partial charge in [-0.15, -0.1) is 0 Å². The van der Waals surface area contributed by atoms with E-state index in [9.17, 15) is 17.6 Å². The molecule has 0 atom stereocenters. The number of aromatic nitrogens is 2. The molecule has 0 unspecified atom stereocenters. The molecule has 0 saturated heterocycles. The third kappa shape index (κ3) is 2.86. The fraction of sp³-hybridized carbons (Fsp3) is 0.0667. The molecule has 0 bridgehead atoms. The summed E-state index contributed by atoms with van der Waals surface area (Å²) in [5.41, 5.74) is 0.581. The average molecular weight is 333 g/mol. The zero-order valence-electron chi connectivity index (χ0n) is 12.0. The lowest BCUT2D eigenvalue weighted by Gasteiger charge is -2.07. The minimum atomic E-state index is -3.90. The van der Waals surface area contributed by atoms with Gasteiger partial charge >= 0.3 is 0 Å². The van der Waals surface area contributed by atoms with E-state index >= 15 is 0 Å². The second-order valence-electron chi connectivity index (χ2n) is 5.10. The van der Waals surface area contributed by atoms with E-state index in [0.29, 0.717) is 11.1 Å². The normalized spacial score (nSPS) is 11.8. The highest BCUT2D eigenvalue weighted by Gasteiger charge is 2.14. The highest BCUT2D eigenvalue weighted by Crippen LogP contribution is 2.22. The number of nitrogens with zero attached hydrogens (tertiary/aromatic N) is 1. The van der Waals surface area contributed by atoms with E-state index in [0.717, 1.165) is 6.07 Å². The smallest absolute Gasteiger partial charge is 0.259 e. The van der Waals surface area contributed by atoms with E-state index in [1.54, 1.807) is 19.1 Å². The Morgan fingerprint density at radius 2 is 1.91 bits per heavy atom. The van der Waals surface area contributed by atoms with Gasteiger partial charge in [0.2, 0.25) is 10.0 Å². The van der Waals surface area contributed by atoms with E-state index < -0.39 is 21.4 Å². The number of halogens is 1. The maximum Gasteiger partial charge on any atom is 0.259 e.